The fourth-order valence-electron chi connectivity index (χ4n) is 6.37. The summed E-state index contributed by atoms with van der Waals surface area (Å²) in [5.41, 5.74) is 10.1. The smallest absolute Gasteiger partial charge is 0.250 e. The van der Waals surface area contributed by atoms with Gasteiger partial charge in [-0.15, -0.1) is 0 Å². The number of carbonyl (C=O) groups is 3. The van der Waals surface area contributed by atoms with Crippen LogP contribution >= 0.6 is 0 Å². The molecule has 0 spiro atoms. The van der Waals surface area contributed by atoms with Crippen LogP contribution < -0.4 is 5.73 Å². The zero-order valence-corrected chi connectivity index (χ0v) is 23.8. The van der Waals surface area contributed by atoms with Crippen LogP contribution in [0.25, 0.3) is 22.2 Å². The van der Waals surface area contributed by atoms with E-state index < -0.39 is 18.1 Å². The lowest BCUT2D eigenvalue weighted by molar-refractivity contribution is -0.139. The number of fused-ring (bicyclic) bond motifs is 2. The molecule has 2 amide bonds. The van der Waals surface area contributed by atoms with Gasteiger partial charge >= 0.3 is 0 Å². The Morgan fingerprint density at radius 3 is 2.74 bits per heavy atom. The fourth-order valence-corrected chi connectivity index (χ4v) is 6.37. The van der Waals surface area contributed by atoms with Crippen LogP contribution in [0.3, 0.4) is 0 Å². The van der Waals surface area contributed by atoms with Gasteiger partial charge in [0, 0.05) is 53.6 Å². The number of carbonyl (C=O) groups excluding carboxylic acids is 3. The summed E-state index contributed by atoms with van der Waals surface area (Å²) in [6.45, 7) is 2.80. The highest BCUT2D eigenvalue weighted by molar-refractivity contribution is 6.07. The third kappa shape index (κ3) is 5.45. The molecule has 2 N–H and O–H groups in total. The molecule has 4 aromatic rings. The first-order chi connectivity index (χ1) is 20.3. The molecule has 10 heteroatoms. The first-order valence-corrected chi connectivity index (χ1v) is 14.6. The minimum Gasteiger partial charge on any atom is -0.366 e. The van der Waals surface area contributed by atoms with E-state index in [2.05, 4.69) is 14.5 Å². The molecule has 0 bridgehead atoms. The van der Waals surface area contributed by atoms with Crippen LogP contribution in [0.15, 0.2) is 48.8 Å². The molecule has 1 fully saturated rings. The predicted molar refractivity (Wildman–Crippen MR) is 157 cm³/mol. The number of nitrogens with zero attached hydrogens (tertiary/aromatic N) is 5. The molecule has 0 saturated carbocycles. The summed E-state index contributed by atoms with van der Waals surface area (Å²) in [4.78, 5) is 50.2. The zero-order valence-electron chi connectivity index (χ0n) is 23.8. The number of aryl methyl sites for hydroxylation is 2. The monoisotopic (exact) mass is 570 g/mol. The van der Waals surface area contributed by atoms with Crippen LogP contribution in [0, 0.1) is 6.92 Å². The van der Waals surface area contributed by atoms with E-state index in [1.54, 1.807) is 16.8 Å². The standard InChI is InChI=1S/C32H35FN6O3/c1-20-5-4-6-23(36-20)16-29(40)27-11-9-22(33)12-14-39(27)31(41)19-37-18-25(32(34)42)24-15-21(8-10-26(24)37)28-17-35-30-7-2-3-13-38(28)30/h4-6,8,10,15,17-18,22,27H,2-3,7,9,11-14,16,19H2,1H3,(H2,34,42)/t22?,27-/m0/s1. The number of halogens is 1. The van der Waals surface area contributed by atoms with Crippen molar-refractivity contribution in [1.82, 2.24) is 24.0 Å². The van der Waals surface area contributed by atoms with Crippen LogP contribution in [0.4, 0.5) is 4.39 Å². The van der Waals surface area contributed by atoms with Crippen molar-refractivity contribution in [2.45, 2.75) is 77.2 Å². The number of imidazole rings is 1. The molecule has 1 aromatic carbocycles. The predicted octanol–water partition coefficient (Wildman–Crippen LogP) is 4.17. The molecule has 2 aliphatic rings. The SMILES string of the molecule is Cc1cccc(CC(=O)[C@@H]2CCC(F)CCN2C(=O)Cn2cc(C(N)=O)c3cc(-c4cnc5n4CCCC5)ccc32)n1. The third-order valence-electron chi connectivity index (χ3n) is 8.52. The Hall–Kier alpha value is -4.34. The van der Waals surface area contributed by atoms with E-state index in [0.717, 1.165) is 48.6 Å². The van der Waals surface area contributed by atoms with Gasteiger partial charge in [0.15, 0.2) is 5.78 Å². The average molecular weight is 571 g/mol. The second-order valence-electron chi connectivity index (χ2n) is 11.4. The van der Waals surface area contributed by atoms with Crippen molar-refractivity contribution in [2.75, 3.05) is 6.54 Å². The van der Waals surface area contributed by atoms with Crippen LogP contribution in [-0.2, 0) is 35.5 Å². The maximum atomic E-state index is 14.5. The number of hydrogen-bond acceptors (Lipinski definition) is 5. The first kappa shape index (κ1) is 27.8. The van der Waals surface area contributed by atoms with E-state index in [1.807, 2.05) is 43.5 Å². The van der Waals surface area contributed by atoms with Crippen molar-refractivity contribution in [3.63, 3.8) is 0 Å². The van der Waals surface area contributed by atoms with E-state index in [-0.39, 0.29) is 50.5 Å². The van der Waals surface area contributed by atoms with Crippen molar-refractivity contribution in [2.24, 2.45) is 5.73 Å². The van der Waals surface area contributed by atoms with Crippen LogP contribution in [-0.4, -0.2) is 60.4 Å². The van der Waals surface area contributed by atoms with Crippen molar-refractivity contribution in [3.8, 4) is 11.3 Å². The number of likely N-dealkylation sites (tertiary alicyclic amines) is 1. The number of alkyl halides is 1. The molecular weight excluding hydrogens is 535 g/mol. The average Bonchev–Trinajstić information content (AvgIpc) is 3.49. The maximum absolute atomic E-state index is 14.5. The molecule has 1 saturated heterocycles. The van der Waals surface area contributed by atoms with Gasteiger partial charge in [0.2, 0.25) is 5.91 Å². The van der Waals surface area contributed by atoms with Gasteiger partial charge in [-0.05, 0) is 63.3 Å². The summed E-state index contributed by atoms with van der Waals surface area (Å²) in [6, 6.07) is 10.5. The molecule has 2 aliphatic heterocycles. The van der Waals surface area contributed by atoms with E-state index >= 15 is 0 Å². The second kappa shape index (κ2) is 11.5. The molecule has 218 valence electrons. The van der Waals surface area contributed by atoms with Crippen LogP contribution in [0.5, 0.6) is 0 Å². The molecular formula is C32H35FN6O3. The zero-order chi connectivity index (χ0) is 29.4. The lowest BCUT2D eigenvalue weighted by atomic mass is 10.0. The van der Waals surface area contributed by atoms with Gasteiger partial charge in [-0.25, -0.2) is 9.37 Å². The summed E-state index contributed by atoms with van der Waals surface area (Å²) in [6.07, 6.45) is 6.29. The number of benzene rings is 1. The number of pyridine rings is 1. The Balaban J connectivity index is 1.29. The Labute approximate surface area is 243 Å². The minimum absolute atomic E-state index is 0.0758. The fraction of sp³-hybridized carbons (Fsp3) is 0.406. The van der Waals surface area contributed by atoms with Crippen molar-refractivity contribution in [1.29, 1.82) is 0 Å². The van der Waals surface area contributed by atoms with Gasteiger partial charge in [0.05, 0.1) is 29.9 Å². The number of ketones is 1. The highest BCUT2D eigenvalue weighted by atomic mass is 19.1. The highest BCUT2D eigenvalue weighted by Gasteiger charge is 2.34. The molecule has 0 radical (unpaired) electrons. The number of aromatic nitrogens is 4. The summed E-state index contributed by atoms with van der Waals surface area (Å²) < 4.78 is 18.4. The van der Waals surface area contributed by atoms with Gasteiger partial charge in [-0.2, -0.15) is 0 Å². The molecule has 0 aliphatic carbocycles. The van der Waals surface area contributed by atoms with E-state index in [1.165, 1.54) is 4.90 Å². The van der Waals surface area contributed by atoms with Gasteiger partial charge in [0.25, 0.3) is 5.91 Å². The summed E-state index contributed by atoms with van der Waals surface area (Å²) in [5.74, 6) is 0.0123. The van der Waals surface area contributed by atoms with Crippen molar-refractivity contribution >= 4 is 28.5 Å². The molecule has 9 nitrogen and oxygen atoms in total. The summed E-state index contributed by atoms with van der Waals surface area (Å²) >= 11 is 0. The topological polar surface area (TPSA) is 116 Å². The lowest BCUT2D eigenvalue weighted by Gasteiger charge is -2.29. The van der Waals surface area contributed by atoms with E-state index in [0.29, 0.717) is 22.2 Å². The minimum atomic E-state index is -1.07. The first-order valence-electron chi connectivity index (χ1n) is 14.6. The molecule has 42 heavy (non-hydrogen) atoms. The van der Waals surface area contributed by atoms with E-state index in [4.69, 9.17) is 5.73 Å². The summed E-state index contributed by atoms with van der Waals surface area (Å²) in [7, 11) is 0. The Morgan fingerprint density at radius 1 is 1.07 bits per heavy atom. The number of nitrogens with two attached hydrogens (primary N) is 1. The highest BCUT2D eigenvalue weighted by Crippen LogP contribution is 2.31. The van der Waals surface area contributed by atoms with Crippen LogP contribution in [0.1, 0.15) is 59.7 Å². The number of hydrogen-bond donors (Lipinski definition) is 1. The summed E-state index contributed by atoms with van der Waals surface area (Å²) in [5, 5.41) is 0.650. The molecule has 1 unspecified atom stereocenters. The Morgan fingerprint density at radius 2 is 1.93 bits per heavy atom. The molecule has 5 heterocycles. The largest absolute Gasteiger partial charge is 0.366 e. The third-order valence-corrected chi connectivity index (χ3v) is 8.52. The quantitative estimate of drug-likeness (QED) is 0.358. The van der Waals surface area contributed by atoms with Gasteiger partial charge in [-0.1, -0.05) is 12.1 Å². The normalized spacial score (nSPS) is 19.0. The second-order valence-corrected chi connectivity index (χ2v) is 11.4. The lowest BCUT2D eigenvalue weighted by Crippen LogP contribution is -2.46. The van der Waals surface area contributed by atoms with Crippen molar-refractivity contribution in [3.05, 3.63) is 71.6 Å². The van der Waals surface area contributed by atoms with E-state index in [9.17, 15) is 18.8 Å². The number of amides is 2. The van der Waals surface area contributed by atoms with Gasteiger partial charge in [0.1, 0.15) is 18.5 Å². The molecule has 3 aromatic heterocycles. The Bertz CT molecular complexity index is 1670. The van der Waals surface area contributed by atoms with Crippen molar-refractivity contribution < 1.29 is 18.8 Å². The number of rotatable bonds is 7. The Kier molecular flexibility index (Phi) is 7.62. The van der Waals surface area contributed by atoms with Gasteiger partial charge < -0.3 is 19.8 Å². The maximum Gasteiger partial charge on any atom is 0.250 e. The number of primary amides is 1. The van der Waals surface area contributed by atoms with Crippen LogP contribution in [0.2, 0.25) is 0 Å². The number of Topliss-reactive ketones (excluding diaryl/α,β-unsaturated/α-hetero) is 1. The van der Waals surface area contributed by atoms with Gasteiger partial charge in [-0.3, -0.25) is 19.4 Å². The molecule has 6 rings (SSSR count). The molecule has 2 atom stereocenters.